The molecule has 2 amide bonds. The van der Waals surface area contributed by atoms with E-state index < -0.39 is 5.41 Å². The van der Waals surface area contributed by atoms with Gasteiger partial charge in [0.1, 0.15) is 0 Å². The molecule has 1 saturated heterocycles. The van der Waals surface area contributed by atoms with Crippen molar-refractivity contribution in [3.05, 3.63) is 35.9 Å². The number of amides is 2. The van der Waals surface area contributed by atoms with Gasteiger partial charge < -0.3 is 10.6 Å². The fourth-order valence-electron chi connectivity index (χ4n) is 3.05. The van der Waals surface area contributed by atoms with E-state index in [1.807, 2.05) is 26.8 Å². The zero-order valence-corrected chi connectivity index (χ0v) is 15.8. The maximum absolute atomic E-state index is 12.1. The maximum Gasteiger partial charge on any atom is 0.225 e. The summed E-state index contributed by atoms with van der Waals surface area (Å²) in [6.07, 6.45) is 1.30. The molecule has 1 aromatic carbocycles. The Bertz CT molecular complexity index is 580. The molecule has 1 heterocycles. The molecule has 1 aromatic rings. The SMILES string of the molecule is C[C@@H](c1ccccc1)N1CC[C@@H](NC(=O)CCNC(=O)C(C)(C)C)C1. The van der Waals surface area contributed by atoms with Crippen LogP contribution in [0.1, 0.15) is 52.1 Å². The van der Waals surface area contributed by atoms with E-state index in [0.717, 1.165) is 19.5 Å². The van der Waals surface area contributed by atoms with Crippen molar-refractivity contribution < 1.29 is 9.59 Å². The third-order valence-electron chi connectivity index (χ3n) is 4.73. The minimum atomic E-state index is -0.421. The highest BCUT2D eigenvalue weighted by Crippen LogP contribution is 2.24. The van der Waals surface area contributed by atoms with Crippen molar-refractivity contribution in [2.24, 2.45) is 5.41 Å². The summed E-state index contributed by atoms with van der Waals surface area (Å²) in [4.78, 5) is 26.3. The second-order valence-electron chi connectivity index (χ2n) is 7.89. The molecule has 138 valence electrons. The molecule has 0 radical (unpaired) electrons. The first-order valence-electron chi connectivity index (χ1n) is 9.14. The van der Waals surface area contributed by atoms with Crippen LogP contribution in [0.15, 0.2) is 30.3 Å². The molecule has 0 aliphatic carbocycles. The van der Waals surface area contributed by atoms with Crippen molar-refractivity contribution in [1.29, 1.82) is 0 Å². The van der Waals surface area contributed by atoms with E-state index in [0.29, 0.717) is 19.0 Å². The van der Waals surface area contributed by atoms with E-state index in [-0.39, 0.29) is 17.9 Å². The van der Waals surface area contributed by atoms with Crippen LogP contribution in [0.5, 0.6) is 0 Å². The lowest BCUT2D eigenvalue weighted by molar-refractivity contribution is -0.128. The number of likely N-dealkylation sites (tertiary alicyclic amines) is 1. The summed E-state index contributed by atoms with van der Waals surface area (Å²) >= 11 is 0. The molecular formula is C20H31N3O2. The third-order valence-corrected chi connectivity index (χ3v) is 4.73. The molecule has 0 spiro atoms. The van der Waals surface area contributed by atoms with Gasteiger partial charge in [-0.05, 0) is 18.9 Å². The molecule has 1 fully saturated rings. The van der Waals surface area contributed by atoms with Crippen molar-refractivity contribution in [2.75, 3.05) is 19.6 Å². The molecule has 2 rings (SSSR count). The standard InChI is InChI=1S/C20H31N3O2/c1-15(16-8-6-5-7-9-16)23-13-11-17(14-23)22-18(24)10-12-21-19(25)20(2,3)4/h5-9,15,17H,10-14H2,1-4H3,(H,21,25)(H,22,24)/t15-,17+/m0/s1. The summed E-state index contributed by atoms with van der Waals surface area (Å²) in [5.41, 5.74) is 0.884. The number of hydrogen-bond donors (Lipinski definition) is 2. The first kappa shape index (κ1) is 19.4. The van der Waals surface area contributed by atoms with Gasteiger partial charge in [-0.2, -0.15) is 0 Å². The van der Waals surface area contributed by atoms with Gasteiger partial charge in [0.25, 0.3) is 0 Å². The number of nitrogens with zero attached hydrogens (tertiary/aromatic N) is 1. The summed E-state index contributed by atoms with van der Waals surface area (Å²) in [7, 11) is 0. The van der Waals surface area contributed by atoms with Crippen LogP contribution in [0.4, 0.5) is 0 Å². The highest BCUT2D eigenvalue weighted by Gasteiger charge is 2.27. The zero-order valence-electron chi connectivity index (χ0n) is 15.8. The van der Waals surface area contributed by atoms with E-state index >= 15 is 0 Å². The van der Waals surface area contributed by atoms with E-state index in [1.54, 1.807) is 0 Å². The lowest BCUT2D eigenvalue weighted by Crippen LogP contribution is -2.40. The average Bonchev–Trinajstić information content (AvgIpc) is 3.02. The predicted octanol–water partition coefficient (Wildman–Crippen LogP) is 2.49. The molecule has 0 saturated carbocycles. The number of nitrogens with one attached hydrogen (secondary N) is 2. The molecule has 2 N–H and O–H groups in total. The third kappa shape index (κ3) is 5.85. The fraction of sp³-hybridized carbons (Fsp3) is 0.600. The Hall–Kier alpha value is -1.88. The molecule has 5 nitrogen and oxygen atoms in total. The van der Waals surface area contributed by atoms with Gasteiger partial charge >= 0.3 is 0 Å². The monoisotopic (exact) mass is 345 g/mol. The topological polar surface area (TPSA) is 61.4 Å². The number of hydrogen-bond acceptors (Lipinski definition) is 3. The summed E-state index contributed by atoms with van der Waals surface area (Å²) in [6, 6.07) is 11.0. The highest BCUT2D eigenvalue weighted by atomic mass is 16.2. The van der Waals surface area contributed by atoms with Crippen molar-refractivity contribution in [3.8, 4) is 0 Å². The normalized spacial score (nSPS) is 19.4. The Balaban J connectivity index is 1.72. The van der Waals surface area contributed by atoms with Crippen molar-refractivity contribution in [2.45, 2.75) is 52.6 Å². The first-order valence-corrected chi connectivity index (χ1v) is 9.14. The van der Waals surface area contributed by atoms with E-state index in [4.69, 9.17) is 0 Å². The van der Waals surface area contributed by atoms with Gasteiger partial charge in [-0.15, -0.1) is 0 Å². The van der Waals surface area contributed by atoms with Crippen LogP contribution in [0.25, 0.3) is 0 Å². The smallest absolute Gasteiger partial charge is 0.225 e. The van der Waals surface area contributed by atoms with Crippen molar-refractivity contribution in [1.82, 2.24) is 15.5 Å². The van der Waals surface area contributed by atoms with Gasteiger partial charge in [0.15, 0.2) is 0 Å². The Morgan fingerprint density at radius 3 is 2.56 bits per heavy atom. The molecular weight excluding hydrogens is 314 g/mol. The average molecular weight is 345 g/mol. The Kier molecular flexibility index (Phi) is 6.59. The fourth-order valence-corrected chi connectivity index (χ4v) is 3.05. The van der Waals surface area contributed by atoms with Gasteiger partial charge in [0.2, 0.25) is 11.8 Å². The predicted molar refractivity (Wildman–Crippen MR) is 100 cm³/mol. The minimum Gasteiger partial charge on any atom is -0.355 e. The van der Waals surface area contributed by atoms with Crippen LogP contribution in [0.2, 0.25) is 0 Å². The lowest BCUT2D eigenvalue weighted by atomic mass is 9.96. The van der Waals surface area contributed by atoms with E-state index in [9.17, 15) is 9.59 Å². The van der Waals surface area contributed by atoms with Gasteiger partial charge in [-0.25, -0.2) is 0 Å². The molecule has 1 aliphatic rings. The second kappa shape index (κ2) is 8.48. The molecule has 0 unspecified atom stereocenters. The second-order valence-corrected chi connectivity index (χ2v) is 7.89. The number of rotatable bonds is 6. The molecule has 1 aliphatic heterocycles. The first-order chi connectivity index (χ1) is 11.8. The van der Waals surface area contributed by atoms with Crippen LogP contribution < -0.4 is 10.6 Å². The van der Waals surface area contributed by atoms with Crippen LogP contribution in [0, 0.1) is 5.41 Å². The highest BCUT2D eigenvalue weighted by molar-refractivity contribution is 5.82. The van der Waals surface area contributed by atoms with Gasteiger partial charge in [0, 0.05) is 43.6 Å². The number of carbonyl (C=O) groups excluding carboxylic acids is 2. The Labute approximate surface area is 151 Å². The molecule has 0 aromatic heterocycles. The van der Waals surface area contributed by atoms with Crippen LogP contribution in [-0.4, -0.2) is 42.4 Å². The maximum atomic E-state index is 12.1. The number of benzene rings is 1. The van der Waals surface area contributed by atoms with E-state index in [1.165, 1.54) is 5.56 Å². The molecule has 0 bridgehead atoms. The molecule has 2 atom stereocenters. The van der Waals surface area contributed by atoms with Crippen molar-refractivity contribution in [3.63, 3.8) is 0 Å². The van der Waals surface area contributed by atoms with Gasteiger partial charge in [-0.1, -0.05) is 51.1 Å². The Morgan fingerprint density at radius 1 is 1.24 bits per heavy atom. The zero-order chi connectivity index (χ0) is 18.4. The van der Waals surface area contributed by atoms with Gasteiger partial charge in [-0.3, -0.25) is 14.5 Å². The summed E-state index contributed by atoms with van der Waals surface area (Å²) in [5.74, 6) is -0.0162. The van der Waals surface area contributed by atoms with Crippen molar-refractivity contribution >= 4 is 11.8 Å². The number of carbonyl (C=O) groups is 2. The lowest BCUT2D eigenvalue weighted by Gasteiger charge is -2.24. The molecule has 5 heteroatoms. The summed E-state index contributed by atoms with van der Waals surface area (Å²) in [6.45, 7) is 10.1. The molecule has 25 heavy (non-hydrogen) atoms. The quantitative estimate of drug-likeness (QED) is 0.833. The largest absolute Gasteiger partial charge is 0.355 e. The van der Waals surface area contributed by atoms with Gasteiger partial charge in [0.05, 0.1) is 0 Å². The van der Waals surface area contributed by atoms with E-state index in [2.05, 4.69) is 46.7 Å². The van der Waals surface area contributed by atoms with Crippen LogP contribution in [-0.2, 0) is 9.59 Å². The summed E-state index contributed by atoms with van der Waals surface area (Å²) < 4.78 is 0. The Morgan fingerprint density at radius 2 is 1.92 bits per heavy atom. The minimum absolute atomic E-state index is 0.00780. The van der Waals surface area contributed by atoms with Crippen LogP contribution in [0.3, 0.4) is 0 Å². The van der Waals surface area contributed by atoms with Crippen LogP contribution >= 0.6 is 0 Å². The summed E-state index contributed by atoms with van der Waals surface area (Å²) in [5, 5.41) is 5.91.